The highest BCUT2D eigenvalue weighted by molar-refractivity contribution is 5.77. The molecular formula is C11H23N3O2. The quantitative estimate of drug-likeness (QED) is 0.617. The van der Waals surface area contributed by atoms with Gasteiger partial charge in [-0.25, -0.2) is 0 Å². The van der Waals surface area contributed by atoms with Gasteiger partial charge in [-0.1, -0.05) is 0 Å². The van der Waals surface area contributed by atoms with E-state index in [4.69, 9.17) is 4.74 Å². The molecule has 0 aromatic heterocycles. The van der Waals surface area contributed by atoms with Crippen LogP contribution in [-0.2, 0) is 9.53 Å². The first-order valence-corrected chi connectivity index (χ1v) is 5.90. The molecule has 5 heteroatoms. The number of likely N-dealkylation sites (N-methyl/N-ethyl adjacent to an activating group) is 1. The van der Waals surface area contributed by atoms with Crippen molar-refractivity contribution in [2.24, 2.45) is 0 Å². The number of rotatable bonds is 6. The Kier molecular flexibility index (Phi) is 6.37. The summed E-state index contributed by atoms with van der Waals surface area (Å²) in [7, 11) is 3.42. The van der Waals surface area contributed by atoms with Crippen LogP contribution < -0.4 is 5.32 Å². The number of methoxy groups -OCH3 is 1. The van der Waals surface area contributed by atoms with Crippen LogP contribution in [0.3, 0.4) is 0 Å². The summed E-state index contributed by atoms with van der Waals surface area (Å²) in [4.78, 5) is 15.8. The number of piperazine rings is 1. The predicted octanol–water partition coefficient (Wildman–Crippen LogP) is -0.613. The van der Waals surface area contributed by atoms with Gasteiger partial charge >= 0.3 is 0 Å². The number of amides is 1. The van der Waals surface area contributed by atoms with Gasteiger partial charge in [0.25, 0.3) is 0 Å². The minimum absolute atomic E-state index is 0.104. The third-order valence-corrected chi connectivity index (χ3v) is 2.93. The topological polar surface area (TPSA) is 44.8 Å². The number of nitrogens with one attached hydrogen (secondary N) is 1. The lowest BCUT2D eigenvalue weighted by molar-refractivity contribution is -0.122. The number of carbonyl (C=O) groups excluding carboxylic acids is 1. The van der Waals surface area contributed by atoms with E-state index in [1.165, 1.54) is 0 Å². The summed E-state index contributed by atoms with van der Waals surface area (Å²) in [5, 5.41) is 2.65. The van der Waals surface area contributed by atoms with Crippen molar-refractivity contribution in [1.29, 1.82) is 0 Å². The average Bonchev–Trinajstić information content (AvgIpc) is 2.31. The van der Waals surface area contributed by atoms with E-state index in [1.807, 2.05) is 0 Å². The number of hydrogen-bond acceptors (Lipinski definition) is 4. The minimum atomic E-state index is 0.104. The molecule has 0 unspecified atom stereocenters. The average molecular weight is 229 g/mol. The molecule has 1 aliphatic rings. The van der Waals surface area contributed by atoms with E-state index in [1.54, 1.807) is 14.2 Å². The largest absolute Gasteiger partial charge is 0.385 e. The second-order valence-electron chi connectivity index (χ2n) is 4.14. The van der Waals surface area contributed by atoms with Crippen LogP contribution in [-0.4, -0.2) is 75.7 Å². The van der Waals surface area contributed by atoms with Gasteiger partial charge in [-0.3, -0.25) is 9.69 Å². The maximum atomic E-state index is 11.2. The van der Waals surface area contributed by atoms with E-state index in [2.05, 4.69) is 15.1 Å². The lowest BCUT2D eigenvalue weighted by Gasteiger charge is -2.34. The summed E-state index contributed by atoms with van der Waals surface area (Å²) in [6.45, 7) is 6.55. The van der Waals surface area contributed by atoms with Crippen molar-refractivity contribution in [2.45, 2.75) is 6.42 Å². The third-order valence-electron chi connectivity index (χ3n) is 2.93. The summed E-state index contributed by atoms with van der Waals surface area (Å²) < 4.78 is 5.03. The molecule has 0 atom stereocenters. The SMILES string of the molecule is CNC(=O)CN1CCN(CCCOC)CC1. The monoisotopic (exact) mass is 229 g/mol. The van der Waals surface area contributed by atoms with Crippen LogP contribution in [0.25, 0.3) is 0 Å². The lowest BCUT2D eigenvalue weighted by atomic mass is 10.3. The molecule has 16 heavy (non-hydrogen) atoms. The minimum Gasteiger partial charge on any atom is -0.385 e. The number of nitrogens with zero attached hydrogens (tertiary/aromatic N) is 2. The molecule has 1 fully saturated rings. The van der Waals surface area contributed by atoms with E-state index in [9.17, 15) is 4.79 Å². The highest BCUT2D eigenvalue weighted by atomic mass is 16.5. The second-order valence-corrected chi connectivity index (χ2v) is 4.14. The summed E-state index contributed by atoms with van der Waals surface area (Å²) in [6.07, 6.45) is 1.09. The van der Waals surface area contributed by atoms with Crippen molar-refractivity contribution in [3.8, 4) is 0 Å². The van der Waals surface area contributed by atoms with Crippen LogP contribution in [0, 0.1) is 0 Å². The molecule has 94 valence electrons. The molecule has 1 saturated heterocycles. The van der Waals surface area contributed by atoms with Crippen LogP contribution in [0.4, 0.5) is 0 Å². The first kappa shape index (κ1) is 13.4. The van der Waals surface area contributed by atoms with Crippen molar-refractivity contribution in [3.63, 3.8) is 0 Å². The van der Waals surface area contributed by atoms with E-state index in [-0.39, 0.29) is 5.91 Å². The fourth-order valence-electron chi connectivity index (χ4n) is 1.89. The number of ether oxygens (including phenoxy) is 1. The Morgan fingerprint density at radius 1 is 1.25 bits per heavy atom. The highest BCUT2D eigenvalue weighted by Gasteiger charge is 2.17. The summed E-state index contributed by atoms with van der Waals surface area (Å²) in [5.74, 6) is 0.104. The Balaban J connectivity index is 2.11. The standard InChI is InChI=1S/C11H23N3O2/c1-12-11(15)10-14-7-5-13(6-8-14)4-3-9-16-2/h3-10H2,1-2H3,(H,12,15). The molecule has 0 bridgehead atoms. The Morgan fingerprint density at radius 2 is 1.88 bits per heavy atom. The third kappa shape index (κ3) is 4.92. The molecule has 1 rings (SSSR count). The van der Waals surface area contributed by atoms with Crippen LogP contribution >= 0.6 is 0 Å². The molecule has 1 aliphatic heterocycles. The van der Waals surface area contributed by atoms with Gasteiger partial charge < -0.3 is 15.0 Å². The molecule has 1 amide bonds. The van der Waals surface area contributed by atoms with E-state index in [0.717, 1.165) is 45.8 Å². The van der Waals surface area contributed by atoms with Crippen LogP contribution in [0.1, 0.15) is 6.42 Å². The van der Waals surface area contributed by atoms with Crippen molar-refractivity contribution >= 4 is 5.91 Å². The maximum absolute atomic E-state index is 11.2. The molecule has 0 radical (unpaired) electrons. The molecule has 5 nitrogen and oxygen atoms in total. The van der Waals surface area contributed by atoms with Gasteiger partial charge in [0, 0.05) is 53.5 Å². The normalized spacial score (nSPS) is 18.6. The molecular weight excluding hydrogens is 206 g/mol. The second kappa shape index (κ2) is 7.60. The Hall–Kier alpha value is -0.650. The highest BCUT2D eigenvalue weighted by Crippen LogP contribution is 2.02. The van der Waals surface area contributed by atoms with Crippen molar-refractivity contribution in [1.82, 2.24) is 15.1 Å². The maximum Gasteiger partial charge on any atom is 0.233 e. The van der Waals surface area contributed by atoms with Crippen LogP contribution in [0.15, 0.2) is 0 Å². The molecule has 1 heterocycles. The Labute approximate surface area is 97.7 Å². The molecule has 0 aromatic rings. The van der Waals surface area contributed by atoms with Crippen molar-refractivity contribution in [2.75, 3.05) is 60.0 Å². The van der Waals surface area contributed by atoms with Gasteiger partial charge in [0.2, 0.25) is 5.91 Å². The van der Waals surface area contributed by atoms with Crippen LogP contribution in [0.2, 0.25) is 0 Å². The van der Waals surface area contributed by atoms with Gasteiger partial charge in [-0.05, 0) is 6.42 Å². The van der Waals surface area contributed by atoms with Gasteiger partial charge in [0.1, 0.15) is 0 Å². The zero-order valence-corrected chi connectivity index (χ0v) is 10.4. The van der Waals surface area contributed by atoms with Crippen LogP contribution in [0.5, 0.6) is 0 Å². The summed E-state index contributed by atoms with van der Waals surface area (Å²) in [6, 6.07) is 0. The zero-order valence-electron chi connectivity index (χ0n) is 10.4. The zero-order chi connectivity index (χ0) is 11.8. The first-order valence-electron chi connectivity index (χ1n) is 5.90. The van der Waals surface area contributed by atoms with Gasteiger partial charge in [0.15, 0.2) is 0 Å². The molecule has 0 aliphatic carbocycles. The summed E-state index contributed by atoms with van der Waals surface area (Å²) >= 11 is 0. The van der Waals surface area contributed by atoms with Crippen molar-refractivity contribution < 1.29 is 9.53 Å². The number of hydrogen-bond donors (Lipinski definition) is 1. The van der Waals surface area contributed by atoms with Gasteiger partial charge in [0.05, 0.1) is 6.54 Å². The number of carbonyl (C=O) groups is 1. The summed E-state index contributed by atoms with van der Waals surface area (Å²) in [5.41, 5.74) is 0. The smallest absolute Gasteiger partial charge is 0.233 e. The Bertz CT molecular complexity index is 203. The van der Waals surface area contributed by atoms with E-state index < -0.39 is 0 Å². The molecule has 0 spiro atoms. The molecule has 0 aromatic carbocycles. The van der Waals surface area contributed by atoms with E-state index in [0.29, 0.717) is 6.54 Å². The lowest BCUT2D eigenvalue weighted by Crippen LogP contribution is -2.49. The fraction of sp³-hybridized carbons (Fsp3) is 0.909. The van der Waals surface area contributed by atoms with Gasteiger partial charge in [-0.15, -0.1) is 0 Å². The van der Waals surface area contributed by atoms with Gasteiger partial charge in [-0.2, -0.15) is 0 Å². The van der Waals surface area contributed by atoms with E-state index >= 15 is 0 Å². The van der Waals surface area contributed by atoms with Crippen molar-refractivity contribution in [3.05, 3.63) is 0 Å². The molecule has 1 N–H and O–H groups in total. The fourth-order valence-corrected chi connectivity index (χ4v) is 1.89. The molecule has 0 saturated carbocycles. The first-order chi connectivity index (χ1) is 7.76. The predicted molar refractivity (Wildman–Crippen MR) is 63.4 cm³/mol. The Morgan fingerprint density at radius 3 is 2.44 bits per heavy atom.